The van der Waals surface area contributed by atoms with E-state index in [0.29, 0.717) is 25.1 Å². The summed E-state index contributed by atoms with van der Waals surface area (Å²) in [5.74, 6) is -0.996. The first-order valence-electron chi connectivity index (χ1n) is 7.08. The molecular formula is C16H20N2O4. The first kappa shape index (κ1) is 17.7. The number of carbonyl (C=O) groups is 2. The Hall–Kier alpha value is -2.39. The van der Waals surface area contributed by atoms with E-state index in [9.17, 15) is 9.59 Å². The number of ether oxygens (including phenoxy) is 2. The van der Waals surface area contributed by atoms with Gasteiger partial charge in [-0.2, -0.15) is 5.26 Å². The number of esters is 1. The topological polar surface area (TPSA) is 88.4 Å². The van der Waals surface area contributed by atoms with Crippen LogP contribution in [-0.4, -0.2) is 37.7 Å². The van der Waals surface area contributed by atoms with Gasteiger partial charge in [-0.05, 0) is 38.5 Å². The van der Waals surface area contributed by atoms with E-state index in [0.717, 1.165) is 0 Å². The minimum absolute atomic E-state index is 0.167. The molecule has 0 bridgehead atoms. The van der Waals surface area contributed by atoms with Crippen LogP contribution in [0.1, 0.15) is 36.2 Å². The van der Waals surface area contributed by atoms with E-state index in [1.165, 1.54) is 12.1 Å². The van der Waals surface area contributed by atoms with Gasteiger partial charge in [0.2, 0.25) is 0 Å². The van der Waals surface area contributed by atoms with Gasteiger partial charge in [0, 0.05) is 13.2 Å². The number of amides is 1. The monoisotopic (exact) mass is 304 g/mol. The van der Waals surface area contributed by atoms with E-state index in [2.05, 4.69) is 5.32 Å². The Bertz CT molecular complexity index is 549. The SMILES string of the molecule is CC(C)OCCCNC(=O)COC(=O)c1cccc(C#N)c1. The fourth-order valence-electron chi connectivity index (χ4n) is 1.60. The van der Waals surface area contributed by atoms with Crippen LogP contribution in [0.3, 0.4) is 0 Å². The van der Waals surface area contributed by atoms with Gasteiger partial charge in [0.25, 0.3) is 5.91 Å². The standard InChI is InChI=1S/C16H20N2O4/c1-12(2)21-8-4-7-18-15(19)11-22-16(20)14-6-3-5-13(9-14)10-17/h3,5-6,9,12H,4,7-8,11H2,1-2H3,(H,18,19). The van der Waals surface area contributed by atoms with Crippen LogP contribution in [0.15, 0.2) is 24.3 Å². The van der Waals surface area contributed by atoms with Crippen LogP contribution in [0.25, 0.3) is 0 Å². The van der Waals surface area contributed by atoms with E-state index in [1.54, 1.807) is 12.1 Å². The van der Waals surface area contributed by atoms with Crippen molar-refractivity contribution < 1.29 is 19.1 Å². The molecule has 0 aliphatic rings. The molecule has 118 valence electrons. The Balaban J connectivity index is 2.26. The zero-order chi connectivity index (χ0) is 16.4. The van der Waals surface area contributed by atoms with Crippen LogP contribution in [0, 0.1) is 11.3 Å². The molecule has 0 aliphatic heterocycles. The lowest BCUT2D eigenvalue weighted by Crippen LogP contribution is -2.30. The molecule has 1 N–H and O–H groups in total. The van der Waals surface area contributed by atoms with Crippen molar-refractivity contribution in [2.45, 2.75) is 26.4 Å². The second-order valence-corrected chi connectivity index (χ2v) is 4.89. The molecule has 0 unspecified atom stereocenters. The van der Waals surface area contributed by atoms with Gasteiger partial charge in [-0.25, -0.2) is 4.79 Å². The molecule has 1 amide bonds. The molecule has 0 atom stereocenters. The summed E-state index contributed by atoms with van der Waals surface area (Å²) in [5, 5.41) is 11.4. The van der Waals surface area contributed by atoms with Crippen molar-refractivity contribution in [1.29, 1.82) is 5.26 Å². The molecule has 0 aromatic heterocycles. The first-order chi connectivity index (χ1) is 10.5. The summed E-state index contributed by atoms with van der Waals surface area (Å²) in [6.45, 7) is 4.57. The van der Waals surface area contributed by atoms with Crippen molar-refractivity contribution in [3.05, 3.63) is 35.4 Å². The van der Waals surface area contributed by atoms with Crippen LogP contribution in [0.4, 0.5) is 0 Å². The molecule has 0 aliphatic carbocycles. The third-order valence-electron chi connectivity index (χ3n) is 2.66. The van der Waals surface area contributed by atoms with Gasteiger partial charge in [-0.15, -0.1) is 0 Å². The van der Waals surface area contributed by atoms with Crippen molar-refractivity contribution in [2.24, 2.45) is 0 Å². The smallest absolute Gasteiger partial charge is 0.338 e. The van der Waals surface area contributed by atoms with E-state index in [4.69, 9.17) is 14.7 Å². The van der Waals surface area contributed by atoms with Gasteiger partial charge >= 0.3 is 5.97 Å². The van der Waals surface area contributed by atoms with Crippen LogP contribution >= 0.6 is 0 Å². The van der Waals surface area contributed by atoms with Gasteiger partial charge < -0.3 is 14.8 Å². The lowest BCUT2D eigenvalue weighted by Gasteiger charge is -2.08. The summed E-state index contributed by atoms with van der Waals surface area (Å²) in [6, 6.07) is 8.06. The highest BCUT2D eigenvalue weighted by Crippen LogP contribution is 2.05. The highest BCUT2D eigenvalue weighted by atomic mass is 16.5. The number of rotatable bonds is 8. The summed E-state index contributed by atoms with van der Waals surface area (Å²) in [7, 11) is 0. The first-order valence-corrected chi connectivity index (χ1v) is 7.08. The van der Waals surface area contributed by atoms with Gasteiger partial charge in [-0.3, -0.25) is 4.79 Å². The summed E-state index contributed by atoms with van der Waals surface area (Å²) >= 11 is 0. The van der Waals surface area contributed by atoms with Gasteiger partial charge in [0.1, 0.15) is 0 Å². The minimum atomic E-state index is -0.629. The molecule has 0 radical (unpaired) electrons. The van der Waals surface area contributed by atoms with Crippen molar-refractivity contribution in [1.82, 2.24) is 5.32 Å². The Morgan fingerprint density at radius 3 is 2.82 bits per heavy atom. The predicted octanol–water partition coefficient (Wildman–Crippen LogP) is 1.65. The molecule has 0 saturated heterocycles. The van der Waals surface area contributed by atoms with Gasteiger partial charge in [-0.1, -0.05) is 6.07 Å². The molecule has 22 heavy (non-hydrogen) atoms. The van der Waals surface area contributed by atoms with E-state index in [-0.39, 0.29) is 24.2 Å². The fourth-order valence-corrected chi connectivity index (χ4v) is 1.60. The Morgan fingerprint density at radius 2 is 2.14 bits per heavy atom. The molecule has 0 saturated carbocycles. The quantitative estimate of drug-likeness (QED) is 0.582. The summed E-state index contributed by atoms with van der Waals surface area (Å²) < 4.78 is 10.2. The van der Waals surface area contributed by atoms with Crippen LogP contribution in [-0.2, 0) is 14.3 Å². The molecule has 1 aromatic carbocycles. The van der Waals surface area contributed by atoms with Gasteiger partial charge in [0.05, 0.1) is 23.3 Å². The number of carbonyl (C=O) groups excluding carboxylic acids is 2. The Morgan fingerprint density at radius 1 is 1.36 bits per heavy atom. The molecule has 0 heterocycles. The maximum absolute atomic E-state index is 11.7. The summed E-state index contributed by atoms with van der Waals surface area (Å²) in [5.41, 5.74) is 0.612. The molecule has 1 aromatic rings. The predicted molar refractivity (Wildman–Crippen MR) is 80.2 cm³/mol. The van der Waals surface area contributed by atoms with Crippen LogP contribution in [0.5, 0.6) is 0 Å². The van der Waals surface area contributed by atoms with Crippen LogP contribution in [0.2, 0.25) is 0 Å². The molecule has 6 nitrogen and oxygen atoms in total. The average Bonchev–Trinajstić information content (AvgIpc) is 2.52. The zero-order valence-electron chi connectivity index (χ0n) is 12.8. The van der Waals surface area contributed by atoms with Crippen LogP contribution < -0.4 is 5.32 Å². The molecule has 0 spiro atoms. The summed E-state index contributed by atoms with van der Waals surface area (Å²) in [4.78, 5) is 23.3. The molecule has 6 heteroatoms. The number of nitrogens with zero attached hydrogens (tertiary/aromatic N) is 1. The van der Waals surface area contributed by atoms with Gasteiger partial charge in [0.15, 0.2) is 6.61 Å². The van der Waals surface area contributed by atoms with E-state index >= 15 is 0 Å². The number of hydrogen-bond acceptors (Lipinski definition) is 5. The van der Waals surface area contributed by atoms with Crippen molar-refractivity contribution in [2.75, 3.05) is 19.8 Å². The van der Waals surface area contributed by atoms with Crippen molar-refractivity contribution >= 4 is 11.9 Å². The van der Waals surface area contributed by atoms with Crippen molar-refractivity contribution in [3.63, 3.8) is 0 Å². The Kier molecular flexibility index (Phi) is 7.65. The number of benzene rings is 1. The third kappa shape index (κ3) is 6.86. The number of nitrogens with one attached hydrogen (secondary N) is 1. The molecule has 1 rings (SSSR count). The highest BCUT2D eigenvalue weighted by Gasteiger charge is 2.10. The largest absolute Gasteiger partial charge is 0.452 e. The van der Waals surface area contributed by atoms with E-state index in [1.807, 2.05) is 19.9 Å². The second kappa shape index (κ2) is 9.53. The van der Waals surface area contributed by atoms with Crippen molar-refractivity contribution in [3.8, 4) is 6.07 Å². The molecule has 0 fully saturated rings. The normalized spacial score (nSPS) is 10.1. The van der Waals surface area contributed by atoms with E-state index < -0.39 is 5.97 Å². The highest BCUT2D eigenvalue weighted by molar-refractivity contribution is 5.91. The number of hydrogen-bond donors (Lipinski definition) is 1. The number of nitriles is 1. The zero-order valence-corrected chi connectivity index (χ0v) is 12.8. The molecular weight excluding hydrogens is 284 g/mol. The third-order valence-corrected chi connectivity index (χ3v) is 2.66. The Labute approximate surface area is 130 Å². The summed E-state index contributed by atoms with van der Waals surface area (Å²) in [6.07, 6.45) is 0.864. The second-order valence-electron chi connectivity index (χ2n) is 4.89. The fraction of sp³-hybridized carbons (Fsp3) is 0.438. The average molecular weight is 304 g/mol. The maximum Gasteiger partial charge on any atom is 0.338 e. The maximum atomic E-state index is 11.7. The lowest BCUT2D eigenvalue weighted by molar-refractivity contribution is -0.124. The minimum Gasteiger partial charge on any atom is -0.452 e. The lowest BCUT2D eigenvalue weighted by atomic mass is 10.1.